The van der Waals surface area contributed by atoms with Crippen molar-refractivity contribution in [3.63, 3.8) is 0 Å². The van der Waals surface area contributed by atoms with Crippen molar-refractivity contribution in [2.75, 3.05) is 41.7 Å². The van der Waals surface area contributed by atoms with Gasteiger partial charge in [0.2, 0.25) is 0 Å². The maximum absolute atomic E-state index is 11.3. The minimum atomic E-state index is -0.530. The van der Waals surface area contributed by atoms with Gasteiger partial charge >= 0.3 is 0 Å². The van der Waals surface area contributed by atoms with Gasteiger partial charge in [-0.1, -0.05) is 0 Å². The van der Waals surface area contributed by atoms with E-state index >= 15 is 0 Å². The standard InChI is InChI=1S/C13H16N6OS/c14-10-8-17-11(7-9(10)12(15)20)18-2-4-19(5-3-18)13-16-1-6-21-13/h1,6-8H,2-5,14H2,(H2,15,20). The van der Waals surface area contributed by atoms with Crippen LogP contribution in [0.1, 0.15) is 10.4 Å². The number of anilines is 3. The van der Waals surface area contributed by atoms with Gasteiger partial charge in [-0.3, -0.25) is 4.79 Å². The van der Waals surface area contributed by atoms with Gasteiger partial charge in [0.25, 0.3) is 5.91 Å². The molecule has 0 bridgehead atoms. The van der Waals surface area contributed by atoms with E-state index in [1.54, 1.807) is 17.4 Å². The Labute approximate surface area is 126 Å². The molecule has 1 saturated heterocycles. The second-order valence-corrected chi connectivity index (χ2v) is 5.66. The largest absolute Gasteiger partial charge is 0.397 e. The summed E-state index contributed by atoms with van der Waals surface area (Å²) in [6.45, 7) is 3.36. The third kappa shape index (κ3) is 2.75. The predicted molar refractivity (Wildman–Crippen MR) is 83.7 cm³/mol. The predicted octanol–water partition coefficient (Wildman–Crippen LogP) is 0.546. The molecule has 3 heterocycles. The molecular formula is C13H16N6OS. The van der Waals surface area contributed by atoms with Crippen LogP contribution in [0.2, 0.25) is 0 Å². The van der Waals surface area contributed by atoms with E-state index in [0.29, 0.717) is 11.3 Å². The van der Waals surface area contributed by atoms with E-state index in [4.69, 9.17) is 11.5 Å². The number of nitrogens with zero attached hydrogens (tertiary/aromatic N) is 4. The summed E-state index contributed by atoms with van der Waals surface area (Å²) >= 11 is 1.64. The SMILES string of the molecule is NC(=O)c1cc(N2CCN(c3nccs3)CC2)ncc1N. The van der Waals surface area contributed by atoms with Crippen LogP contribution in [0.15, 0.2) is 23.8 Å². The van der Waals surface area contributed by atoms with E-state index < -0.39 is 5.91 Å². The van der Waals surface area contributed by atoms with Gasteiger partial charge in [-0.25, -0.2) is 9.97 Å². The van der Waals surface area contributed by atoms with Crippen molar-refractivity contribution in [1.82, 2.24) is 9.97 Å². The summed E-state index contributed by atoms with van der Waals surface area (Å²) in [5.41, 5.74) is 11.7. The first-order valence-corrected chi connectivity index (χ1v) is 7.48. The molecular weight excluding hydrogens is 288 g/mol. The molecule has 2 aromatic rings. The van der Waals surface area contributed by atoms with Crippen molar-refractivity contribution < 1.29 is 4.79 Å². The van der Waals surface area contributed by atoms with Gasteiger partial charge in [-0.05, 0) is 6.07 Å². The van der Waals surface area contributed by atoms with Crippen molar-refractivity contribution in [2.45, 2.75) is 0 Å². The highest BCUT2D eigenvalue weighted by molar-refractivity contribution is 7.13. The van der Waals surface area contributed by atoms with Crippen LogP contribution in [-0.2, 0) is 0 Å². The molecule has 1 fully saturated rings. The summed E-state index contributed by atoms with van der Waals surface area (Å²) < 4.78 is 0. The highest BCUT2D eigenvalue weighted by Gasteiger charge is 2.20. The first kappa shape index (κ1) is 13.6. The first-order chi connectivity index (χ1) is 10.1. The molecule has 110 valence electrons. The van der Waals surface area contributed by atoms with E-state index in [2.05, 4.69) is 19.8 Å². The van der Waals surface area contributed by atoms with Crippen molar-refractivity contribution in [1.29, 1.82) is 0 Å². The number of primary amides is 1. The fourth-order valence-electron chi connectivity index (χ4n) is 2.34. The third-order valence-electron chi connectivity index (χ3n) is 3.48. The van der Waals surface area contributed by atoms with E-state index in [-0.39, 0.29) is 0 Å². The average molecular weight is 304 g/mol. The molecule has 0 saturated carbocycles. The molecule has 3 rings (SSSR count). The summed E-state index contributed by atoms with van der Waals surface area (Å²) in [5, 5.41) is 3.01. The number of thiazole rings is 1. The zero-order valence-corrected chi connectivity index (χ0v) is 12.2. The minimum Gasteiger partial charge on any atom is -0.397 e. The smallest absolute Gasteiger partial charge is 0.250 e. The molecule has 0 spiro atoms. The van der Waals surface area contributed by atoms with E-state index in [1.165, 1.54) is 6.20 Å². The second kappa shape index (κ2) is 5.57. The molecule has 7 nitrogen and oxygen atoms in total. The third-order valence-corrected chi connectivity index (χ3v) is 4.31. The summed E-state index contributed by atoms with van der Waals surface area (Å²) in [6, 6.07) is 1.66. The number of piperazine rings is 1. The van der Waals surface area contributed by atoms with Crippen LogP contribution in [0.4, 0.5) is 16.6 Å². The Balaban J connectivity index is 1.72. The number of nitrogen functional groups attached to an aromatic ring is 1. The Kier molecular flexibility index (Phi) is 3.61. The summed E-state index contributed by atoms with van der Waals surface area (Å²) in [7, 11) is 0. The van der Waals surface area contributed by atoms with Gasteiger partial charge < -0.3 is 21.3 Å². The Morgan fingerprint density at radius 2 is 1.90 bits per heavy atom. The summed E-state index contributed by atoms with van der Waals surface area (Å²) in [6.07, 6.45) is 3.30. The van der Waals surface area contributed by atoms with Crippen LogP contribution in [0.25, 0.3) is 0 Å². The van der Waals surface area contributed by atoms with Gasteiger partial charge in [0, 0.05) is 37.8 Å². The zero-order chi connectivity index (χ0) is 14.8. The number of rotatable bonds is 3. The van der Waals surface area contributed by atoms with Crippen molar-refractivity contribution in [2.24, 2.45) is 5.73 Å². The van der Waals surface area contributed by atoms with Crippen molar-refractivity contribution in [3.05, 3.63) is 29.4 Å². The topological polar surface area (TPSA) is 101 Å². The molecule has 0 radical (unpaired) electrons. The Hall–Kier alpha value is -2.35. The van der Waals surface area contributed by atoms with E-state index in [1.807, 2.05) is 11.6 Å². The maximum atomic E-state index is 11.3. The monoisotopic (exact) mass is 304 g/mol. The highest BCUT2D eigenvalue weighted by atomic mass is 32.1. The first-order valence-electron chi connectivity index (χ1n) is 6.60. The van der Waals surface area contributed by atoms with E-state index in [0.717, 1.165) is 37.1 Å². The number of hydrogen-bond acceptors (Lipinski definition) is 7. The summed E-state index contributed by atoms with van der Waals surface area (Å²) in [5.74, 6) is 0.203. The molecule has 0 aromatic carbocycles. The molecule has 21 heavy (non-hydrogen) atoms. The van der Waals surface area contributed by atoms with Gasteiger partial charge in [-0.15, -0.1) is 11.3 Å². The van der Waals surface area contributed by atoms with Crippen LogP contribution in [0.3, 0.4) is 0 Å². The van der Waals surface area contributed by atoms with Gasteiger partial charge in [0.1, 0.15) is 5.82 Å². The molecule has 0 atom stereocenters. The fraction of sp³-hybridized carbons (Fsp3) is 0.308. The molecule has 2 aromatic heterocycles. The van der Waals surface area contributed by atoms with Gasteiger partial charge in [0.05, 0.1) is 17.4 Å². The van der Waals surface area contributed by atoms with Crippen LogP contribution in [0.5, 0.6) is 0 Å². The lowest BCUT2D eigenvalue weighted by Gasteiger charge is -2.35. The molecule has 0 unspecified atom stereocenters. The Bertz CT molecular complexity index is 636. The van der Waals surface area contributed by atoms with Crippen LogP contribution in [0, 0.1) is 0 Å². The van der Waals surface area contributed by atoms with Crippen molar-refractivity contribution >= 4 is 33.9 Å². The number of nitrogens with two attached hydrogens (primary N) is 2. The molecule has 8 heteroatoms. The number of hydrogen-bond donors (Lipinski definition) is 2. The maximum Gasteiger partial charge on any atom is 0.250 e. The molecule has 1 aliphatic heterocycles. The fourth-order valence-corrected chi connectivity index (χ4v) is 3.04. The zero-order valence-electron chi connectivity index (χ0n) is 11.4. The number of amides is 1. The molecule has 4 N–H and O–H groups in total. The van der Waals surface area contributed by atoms with E-state index in [9.17, 15) is 4.79 Å². The lowest BCUT2D eigenvalue weighted by Crippen LogP contribution is -2.46. The lowest BCUT2D eigenvalue weighted by atomic mass is 10.2. The summed E-state index contributed by atoms with van der Waals surface area (Å²) in [4.78, 5) is 24.3. The number of pyridine rings is 1. The highest BCUT2D eigenvalue weighted by Crippen LogP contribution is 2.22. The molecule has 0 aliphatic carbocycles. The van der Waals surface area contributed by atoms with Crippen molar-refractivity contribution in [3.8, 4) is 0 Å². The quantitative estimate of drug-likeness (QED) is 0.858. The second-order valence-electron chi connectivity index (χ2n) is 4.78. The minimum absolute atomic E-state index is 0.313. The average Bonchev–Trinajstić information content (AvgIpc) is 3.02. The van der Waals surface area contributed by atoms with Crippen LogP contribution < -0.4 is 21.3 Å². The molecule has 1 aliphatic rings. The van der Waals surface area contributed by atoms with Crippen LogP contribution in [-0.4, -0.2) is 42.1 Å². The molecule has 1 amide bonds. The van der Waals surface area contributed by atoms with Gasteiger partial charge in [0.15, 0.2) is 5.13 Å². The Morgan fingerprint density at radius 3 is 2.52 bits per heavy atom. The number of carbonyl (C=O) groups excluding carboxylic acids is 1. The van der Waals surface area contributed by atoms with Gasteiger partial charge in [-0.2, -0.15) is 0 Å². The Morgan fingerprint density at radius 1 is 1.19 bits per heavy atom. The van der Waals surface area contributed by atoms with Crippen LogP contribution >= 0.6 is 11.3 Å². The number of aromatic nitrogens is 2. The number of carbonyl (C=O) groups is 1. The lowest BCUT2D eigenvalue weighted by molar-refractivity contribution is 0.100. The normalized spacial score (nSPS) is 15.2.